The molecule has 0 bridgehead atoms. The van der Waals surface area contributed by atoms with Gasteiger partial charge in [0.05, 0.1) is 24.7 Å². The molecule has 0 N–H and O–H groups in total. The minimum Gasteiger partial charge on any atom is -0.300 e. The number of nitrogens with zero attached hydrogens (tertiary/aromatic N) is 5. The van der Waals surface area contributed by atoms with Crippen LogP contribution in [-0.4, -0.2) is 32.8 Å². The minimum absolute atomic E-state index is 0.709. The number of aromatic nitrogens is 3. The van der Waals surface area contributed by atoms with E-state index in [4.69, 9.17) is 0 Å². The summed E-state index contributed by atoms with van der Waals surface area (Å²) in [6.45, 7) is 3.88. The summed E-state index contributed by atoms with van der Waals surface area (Å²) < 4.78 is 2.23. The Morgan fingerprint density at radius 1 is 0.929 bits per heavy atom. The summed E-state index contributed by atoms with van der Waals surface area (Å²) >= 11 is 1.65. The fourth-order valence-electron chi connectivity index (χ4n) is 3.51. The van der Waals surface area contributed by atoms with Crippen LogP contribution in [0.1, 0.15) is 35.4 Å². The standard InChI is InChI=1S/C22H23N5S/c23-14-19-10-4-5-11-20(19)17-28-22-25-24-21(16-26-12-6-7-13-26)27(22)15-18-8-2-1-3-9-18/h1-5,8-11H,6-7,12-13,15-17H2. The molecule has 6 heteroatoms. The van der Waals surface area contributed by atoms with Gasteiger partial charge in [-0.1, -0.05) is 60.3 Å². The third-order valence-electron chi connectivity index (χ3n) is 5.04. The van der Waals surface area contributed by atoms with Gasteiger partial charge in [-0.25, -0.2) is 0 Å². The lowest BCUT2D eigenvalue weighted by molar-refractivity contribution is 0.316. The number of hydrogen-bond acceptors (Lipinski definition) is 5. The molecule has 0 unspecified atom stereocenters. The molecule has 0 atom stereocenters. The SMILES string of the molecule is N#Cc1ccccc1CSc1nnc(CN2CCCC2)n1Cc1ccccc1. The van der Waals surface area contributed by atoms with Crippen molar-refractivity contribution in [2.75, 3.05) is 13.1 Å². The fourth-order valence-corrected chi connectivity index (χ4v) is 4.47. The first-order valence-electron chi connectivity index (χ1n) is 9.62. The molecule has 1 saturated heterocycles. The molecule has 4 rings (SSSR count). The van der Waals surface area contributed by atoms with Crippen LogP contribution in [0.15, 0.2) is 59.8 Å². The maximum Gasteiger partial charge on any atom is 0.191 e. The van der Waals surface area contributed by atoms with E-state index in [9.17, 15) is 5.26 Å². The normalized spacial score (nSPS) is 14.2. The Bertz CT molecular complexity index is 955. The summed E-state index contributed by atoms with van der Waals surface area (Å²) in [4.78, 5) is 2.45. The highest BCUT2D eigenvalue weighted by atomic mass is 32.2. The van der Waals surface area contributed by atoms with Crippen LogP contribution in [0.4, 0.5) is 0 Å². The summed E-state index contributed by atoms with van der Waals surface area (Å²) in [5.74, 6) is 1.72. The van der Waals surface area contributed by atoms with E-state index in [0.717, 1.165) is 48.3 Å². The zero-order valence-corrected chi connectivity index (χ0v) is 16.6. The van der Waals surface area contributed by atoms with Crippen LogP contribution in [-0.2, 0) is 18.8 Å². The minimum atomic E-state index is 0.709. The summed E-state index contributed by atoms with van der Waals surface area (Å²) in [6.07, 6.45) is 2.53. The third-order valence-corrected chi connectivity index (χ3v) is 6.05. The Kier molecular flexibility index (Phi) is 6.05. The van der Waals surface area contributed by atoms with Gasteiger partial charge < -0.3 is 4.57 Å². The monoisotopic (exact) mass is 389 g/mol. The van der Waals surface area contributed by atoms with Crippen molar-refractivity contribution in [3.8, 4) is 6.07 Å². The molecule has 0 saturated carbocycles. The van der Waals surface area contributed by atoms with E-state index in [2.05, 4.69) is 50.0 Å². The molecule has 0 radical (unpaired) electrons. The number of nitriles is 1. The second-order valence-electron chi connectivity index (χ2n) is 7.01. The molecular formula is C22H23N5S. The summed E-state index contributed by atoms with van der Waals surface area (Å²) in [5.41, 5.74) is 3.00. The number of rotatable bonds is 7. The number of benzene rings is 2. The van der Waals surface area contributed by atoms with Gasteiger partial charge in [-0.2, -0.15) is 5.26 Å². The predicted octanol–water partition coefficient (Wildman–Crippen LogP) is 4.09. The average Bonchev–Trinajstić information content (AvgIpc) is 3.38. The first kappa shape index (κ1) is 18.7. The Hall–Kier alpha value is -2.62. The molecule has 2 heterocycles. The lowest BCUT2D eigenvalue weighted by atomic mass is 10.1. The molecule has 0 amide bonds. The lowest BCUT2D eigenvalue weighted by Crippen LogP contribution is -2.21. The molecule has 5 nitrogen and oxygen atoms in total. The van der Waals surface area contributed by atoms with Crippen LogP contribution in [0, 0.1) is 11.3 Å². The van der Waals surface area contributed by atoms with Crippen molar-refractivity contribution in [3.05, 3.63) is 77.1 Å². The molecule has 1 aliphatic rings. The Balaban J connectivity index is 1.56. The van der Waals surface area contributed by atoms with E-state index in [1.165, 1.54) is 18.4 Å². The highest BCUT2D eigenvalue weighted by Crippen LogP contribution is 2.25. The largest absolute Gasteiger partial charge is 0.300 e. The zero-order chi connectivity index (χ0) is 19.2. The summed E-state index contributed by atoms with van der Waals surface area (Å²) in [6, 6.07) is 20.5. The Labute approximate surface area is 170 Å². The van der Waals surface area contributed by atoms with Crippen molar-refractivity contribution >= 4 is 11.8 Å². The molecule has 1 fully saturated rings. The van der Waals surface area contributed by atoms with Crippen LogP contribution in [0.3, 0.4) is 0 Å². The third kappa shape index (κ3) is 4.44. The van der Waals surface area contributed by atoms with Crippen molar-refractivity contribution in [2.45, 2.75) is 36.8 Å². The zero-order valence-electron chi connectivity index (χ0n) is 15.8. The molecule has 28 heavy (non-hydrogen) atoms. The maximum atomic E-state index is 9.33. The average molecular weight is 390 g/mol. The van der Waals surface area contributed by atoms with Crippen molar-refractivity contribution in [1.29, 1.82) is 5.26 Å². The molecule has 142 valence electrons. The van der Waals surface area contributed by atoms with Gasteiger partial charge in [0.15, 0.2) is 5.16 Å². The van der Waals surface area contributed by atoms with Crippen LogP contribution in [0.25, 0.3) is 0 Å². The maximum absolute atomic E-state index is 9.33. The number of thioether (sulfide) groups is 1. The quantitative estimate of drug-likeness (QED) is 0.570. The van der Waals surface area contributed by atoms with Gasteiger partial charge in [-0.3, -0.25) is 4.90 Å². The van der Waals surface area contributed by atoms with Crippen molar-refractivity contribution in [3.63, 3.8) is 0 Å². The van der Waals surface area contributed by atoms with E-state index in [1.807, 2.05) is 30.3 Å². The molecule has 1 aliphatic heterocycles. The molecule has 0 aliphatic carbocycles. The first-order chi connectivity index (χ1) is 13.8. The van der Waals surface area contributed by atoms with E-state index >= 15 is 0 Å². The van der Waals surface area contributed by atoms with E-state index in [0.29, 0.717) is 5.75 Å². The van der Waals surface area contributed by atoms with Crippen molar-refractivity contribution < 1.29 is 0 Å². The van der Waals surface area contributed by atoms with Crippen molar-refractivity contribution in [1.82, 2.24) is 19.7 Å². The number of hydrogen-bond donors (Lipinski definition) is 0. The van der Waals surface area contributed by atoms with E-state index in [-0.39, 0.29) is 0 Å². The van der Waals surface area contributed by atoms with Gasteiger partial charge in [0.25, 0.3) is 0 Å². The van der Waals surface area contributed by atoms with Crippen LogP contribution >= 0.6 is 11.8 Å². The smallest absolute Gasteiger partial charge is 0.191 e. The molecule has 2 aromatic carbocycles. The van der Waals surface area contributed by atoms with Gasteiger partial charge in [0.2, 0.25) is 0 Å². The predicted molar refractivity (Wildman–Crippen MR) is 111 cm³/mol. The van der Waals surface area contributed by atoms with Gasteiger partial charge in [0, 0.05) is 5.75 Å². The van der Waals surface area contributed by atoms with E-state index in [1.54, 1.807) is 11.8 Å². The van der Waals surface area contributed by atoms with Crippen LogP contribution < -0.4 is 0 Å². The summed E-state index contributed by atoms with van der Waals surface area (Å²) in [7, 11) is 0. The highest BCUT2D eigenvalue weighted by molar-refractivity contribution is 7.98. The molecular weight excluding hydrogens is 366 g/mol. The summed E-state index contributed by atoms with van der Waals surface area (Å²) in [5, 5.41) is 19.2. The Morgan fingerprint density at radius 3 is 2.46 bits per heavy atom. The van der Waals surface area contributed by atoms with Crippen LogP contribution in [0.5, 0.6) is 0 Å². The fraction of sp³-hybridized carbons (Fsp3) is 0.318. The lowest BCUT2D eigenvalue weighted by Gasteiger charge is -2.16. The van der Waals surface area contributed by atoms with Crippen LogP contribution in [0.2, 0.25) is 0 Å². The number of likely N-dealkylation sites (tertiary alicyclic amines) is 1. The van der Waals surface area contributed by atoms with Gasteiger partial charge in [-0.15, -0.1) is 10.2 Å². The second-order valence-corrected chi connectivity index (χ2v) is 7.95. The molecule has 0 spiro atoms. The topological polar surface area (TPSA) is 57.7 Å². The molecule has 3 aromatic rings. The molecule has 1 aromatic heterocycles. The first-order valence-corrected chi connectivity index (χ1v) is 10.6. The van der Waals surface area contributed by atoms with Gasteiger partial charge in [0.1, 0.15) is 5.82 Å². The van der Waals surface area contributed by atoms with Gasteiger partial charge >= 0.3 is 0 Å². The Morgan fingerprint density at radius 2 is 1.68 bits per heavy atom. The van der Waals surface area contributed by atoms with Gasteiger partial charge in [-0.05, 0) is 43.1 Å². The second kappa shape index (κ2) is 9.05. The van der Waals surface area contributed by atoms with E-state index < -0.39 is 0 Å². The highest BCUT2D eigenvalue weighted by Gasteiger charge is 2.19. The van der Waals surface area contributed by atoms with Crippen molar-refractivity contribution in [2.24, 2.45) is 0 Å².